The Bertz CT molecular complexity index is 1230. The maximum absolute atomic E-state index is 13.0. The van der Waals surface area contributed by atoms with Crippen molar-refractivity contribution in [1.29, 1.82) is 0 Å². The molecular weight excluding hydrogens is 464 g/mol. The van der Waals surface area contributed by atoms with Crippen molar-refractivity contribution in [2.45, 2.75) is 32.2 Å². The minimum absolute atomic E-state index is 0.0118. The third-order valence-electron chi connectivity index (χ3n) is 6.18. The molecule has 0 bridgehead atoms. The van der Waals surface area contributed by atoms with E-state index >= 15 is 0 Å². The second kappa shape index (κ2) is 11.0. The van der Waals surface area contributed by atoms with Gasteiger partial charge in [0, 0.05) is 31.9 Å². The lowest BCUT2D eigenvalue weighted by Crippen LogP contribution is -2.35. The molecule has 0 saturated carbocycles. The molecule has 1 aromatic carbocycles. The van der Waals surface area contributed by atoms with Gasteiger partial charge >= 0.3 is 0 Å². The lowest BCUT2D eigenvalue weighted by Gasteiger charge is -2.26. The number of benzene rings is 1. The van der Waals surface area contributed by atoms with Crippen LogP contribution in [0.2, 0.25) is 5.15 Å². The summed E-state index contributed by atoms with van der Waals surface area (Å²) in [5, 5.41) is 3.30. The zero-order valence-electron chi connectivity index (χ0n) is 20.4. The molecule has 0 aliphatic carbocycles. The zero-order chi connectivity index (χ0) is 24.9. The molecule has 4 rings (SSSR count). The van der Waals surface area contributed by atoms with E-state index in [1.54, 1.807) is 18.2 Å². The summed E-state index contributed by atoms with van der Waals surface area (Å²) < 4.78 is 2.10. The molecule has 2 amide bonds. The molecule has 0 spiro atoms. The van der Waals surface area contributed by atoms with E-state index in [0.29, 0.717) is 36.3 Å². The van der Waals surface area contributed by atoms with Crippen LogP contribution in [0.1, 0.15) is 41.2 Å². The van der Waals surface area contributed by atoms with E-state index < -0.39 is 0 Å². The van der Waals surface area contributed by atoms with Crippen LogP contribution in [-0.4, -0.2) is 69.9 Å². The third-order valence-corrected chi connectivity index (χ3v) is 6.40. The predicted octanol–water partition coefficient (Wildman–Crippen LogP) is 4.32. The van der Waals surface area contributed by atoms with Crippen molar-refractivity contribution < 1.29 is 9.59 Å². The van der Waals surface area contributed by atoms with Gasteiger partial charge in [0.05, 0.1) is 22.6 Å². The van der Waals surface area contributed by atoms with Gasteiger partial charge in [0.1, 0.15) is 5.15 Å². The van der Waals surface area contributed by atoms with Gasteiger partial charge in [-0.15, -0.1) is 0 Å². The molecule has 3 aromatic rings. The highest BCUT2D eigenvalue weighted by molar-refractivity contribution is 6.29. The van der Waals surface area contributed by atoms with Crippen molar-refractivity contribution in [2.75, 3.05) is 39.0 Å². The summed E-state index contributed by atoms with van der Waals surface area (Å²) in [6.45, 7) is 4.02. The Labute approximate surface area is 210 Å². The fourth-order valence-electron chi connectivity index (χ4n) is 4.45. The van der Waals surface area contributed by atoms with E-state index in [-0.39, 0.29) is 17.9 Å². The highest BCUT2D eigenvalue weighted by Gasteiger charge is 2.27. The average Bonchev–Trinajstić information content (AvgIpc) is 3.01. The summed E-state index contributed by atoms with van der Waals surface area (Å²) in [7, 11) is 3.94. The minimum Gasteiger partial charge on any atom is -0.337 e. The van der Waals surface area contributed by atoms with E-state index in [1.165, 1.54) is 6.20 Å². The molecule has 1 N–H and O–H groups in total. The van der Waals surface area contributed by atoms with E-state index in [4.69, 9.17) is 16.6 Å². The number of nitrogens with one attached hydrogen (secondary N) is 1. The van der Waals surface area contributed by atoms with Gasteiger partial charge in [0.15, 0.2) is 0 Å². The van der Waals surface area contributed by atoms with Crippen LogP contribution in [0.15, 0.2) is 48.7 Å². The zero-order valence-corrected chi connectivity index (χ0v) is 21.1. The van der Waals surface area contributed by atoms with Crippen LogP contribution in [0.5, 0.6) is 0 Å². The van der Waals surface area contributed by atoms with E-state index in [2.05, 4.69) is 14.9 Å². The van der Waals surface area contributed by atoms with Gasteiger partial charge < -0.3 is 14.4 Å². The second-order valence-corrected chi connectivity index (χ2v) is 9.56. The Kier molecular flexibility index (Phi) is 7.83. The van der Waals surface area contributed by atoms with Gasteiger partial charge in [-0.05, 0) is 64.0 Å². The molecule has 1 atom stereocenters. The number of anilines is 1. The lowest BCUT2D eigenvalue weighted by molar-refractivity contribution is -0.126. The van der Waals surface area contributed by atoms with Crippen LogP contribution < -0.4 is 5.32 Å². The number of aromatic nitrogens is 3. The summed E-state index contributed by atoms with van der Waals surface area (Å²) in [6.07, 6.45) is 7.81. The number of amides is 2. The van der Waals surface area contributed by atoms with Crippen LogP contribution >= 0.6 is 11.6 Å². The average molecular weight is 495 g/mol. The maximum Gasteiger partial charge on any atom is 0.259 e. The van der Waals surface area contributed by atoms with Gasteiger partial charge in [-0.2, -0.15) is 0 Å². The third kappa shape index (κ3) is 5.89. The van der Waals surface area contributed by atoms with Crippen LogP contribution in [0.4, 0.5) is 5.95 Å². The quantitative estimate of drug-likeness (QED) is 0.407. The largest absolute Gasteiger partial charge is 0.337 e. The summed E-state index contributed by atoms with van der Waals surface area (Å²) in [4.78, 5) is 38.7. The fraction of sp³-hybridized carbons (Fsp3) is 0.385. The number of carbonyl (C=O) groups excluding carboxylic acids is 2. The highest BCUT2D eigenvalue weighted by atomic mass is 35.5. The Balaban J connectivity index is 1.67. The van der Waals surface area contributed by atoms with Crippen molar-refractivity contribution in [3.8, 4) is 0 Å². The van der Waals surface area contributed by atoms with Crippen LogP contribution in [0.3, 0.4) is 0 Å². The smallest absolute Gasteiger partial charge is 0.259 e. The fourth-order valence-corrected chi connectivity index (χ4v) is 4.56. The molecule has 1 unspecified atom stereocenters. The van der Waals surface area contributed by atoms with Crippen molar-refractivity contribution >= 4 is 40.4 Å². The van der Waals surface area contributed by atoms with Crippen molar-refractivity contribution in [3.63, 3.8) is 0 Å². The van der Waals surface area contributed by atoms with Gasteiger partial charge in [-0.25, -0.2) is 9.97 Å². The number of carbonyl (C=O) groups is 2. The number of nitrogens with zero attached hydrogens (tertiary/aromatic N) is 5. The number of pyridine rings is 1. The molecular formula is C26H31ClN6O2. The van der Waals surface area contributed by atoms with Crippen LogP contribution in [0, 0.1) is 6.92 Å². The molecule has 184 valence electrons. The Morgan fingerprint density at radius 1 is 1.23 bits per heavy atom. The number of hydrogen-bond donors (Lipinski definition) is 1. The number of imidazole rings is 1. The normalized spacial score (nSPS) is 16.7. The number of hydrogen-bond acceptors (Lipinski definition) is 5. The highest BCUT2D eigenvalue weighted by Crippen LogP contribution is 2.32. The van der Waals surface area contributed by atoms with Crippen LogP contribution in [0.25, 0.3) is 11.0 Å². The number of aryl methyl sites for hydroxylation is 1. The molecule has 9 heteroatoms. The van der Waals surface area contributed by atoms with E-state index in [9.17, 15) is 9.59 Å². The Hall–Kier alpha value is -3.23. The number of halogens is 1. The Morgan fingerprint density at radius 3 is 2.80 bits per heavy atom. The Morgan fingerprint density at radius 2 is 2.06 bits per heavy atom. The first-order valence-electron chi connectivity index (χ1n) is 11.8. The molecule has 1 aliphatic rings. The van der Waals surface area contributed by atoms with Crippen molar-refractivity contribution in [2.24, 2.45) is 0 Å². The summed E-state index contributed by atoms with van der Waals surface area (Å²) in [6, 6.07) is 9.15. The van der Waals surface area contributed by atoms with Gasteiger partial charge in [0.2, 0.25) is 11.9 Å². The number of para-hydroxylation sites is 1. The molecule has 2 aromatic heterocycles. The van der Waals surface area contributed by atoms with Crippen LogP contribution in [-0.2, 0) is 4.79 Å². The monoisotopic (exact) mass is 494 g/mol. The van der Waals surface area contributed by atoms with Gasteiger partial charge in [-0.1, -0.05) is 29.8 Å². The summed E-state index contributed by atoms with van der Waals surface area (Å²) in [5.41, 5.74) is 3.24. The minimum atomic E-state index is -0.309. The first kappa shape index (κ1) is 24.9. The van der Waals surface area contributed by atoms with Crippen molar-refractivity contribution in [1.82, 2.24) is 24.3 Å². The standard InChI is InChI=1S/C26H31ClN6O2/c1-18-8-6-10-21-24(18)33(26(29-21)30-25(35)19-12-13-22(27)28-16-19)20-9-4-5-15-32(17-20)23(34)11-7-14-31(2)3/h6-8,10-13,16,20H,4-5,9,14-15,17H2,1-3H3,(H,29,30,35). The summed E-state index contributed by atoms with van der Waals surface area (Å²) in [5.74, 6) is 0.172. The lowest BCUT2D eigenvalue weighted by atomic mass is 10.1. The number of likely N-dealkylation sites (N-methyl/N-ethyl adjacent to an activating group) is 1. The maximum atomic E-state index is 13.0. The second-order valence-electron chi connectivity index (χ2n) is 9.17. The molecule has 35 heavy (non-hydrogen) atoms. The molecule has 8 nitrogen and oxygen atoms in total. The van der Waals surface area contributed by atoms with Gasteiger partial charge in [0.25, 0.3) is 5.91 Å². The molecule has 0 radical (unpaired) electrons. The number of rotatable bonds is 6. The predicted molar refractivity (Wildman–Crippen MR) is 139 cm³/mol. The van der Waals surface area contributed by atoms with E-state index in [0.717, 1.165) is 35.9 Å². The molecule has 1 fully saturated rings. The topological polar surface area (TPSA) is 83.4 Å². The number of fused-ring (bicyclic) bond motifs is 1. The summed E-state index contributed by atoms with van der Waals surface area (Å²) >= 11 is 5.88. The molecule has 3 heterocycles. The number of likely N-dealkylation sites (tertiary alicyclic amines) is 1. The first-order chi connectivity index (χ1) is 16.8. The van der Waals surface area contributed by atoms with E-state index in [1.807, 2.05) is 55.1 Å². The molecule has 1 saturated heterocycles. The molecule has 1 aliphatic heterocycles. The van der Waals surface area contributed by atoms with Crippen molar-refractivity contribution in [3.05, 3.63) is 65.0 Å². The van der Waals surface area contributed by atoms with Gasteiger partial charge in [-0.3, -0.25) is 14.9 Å². The first-order valence-corrected chi connectivity index (χ1v) is 12.2. The SMILES string of the molecule is Cc1cccc2nc(NC(=O)c3ccc(Cl)nc3)n(C3CCCCN(C(=O)C=CCN(C)C)C3)c12.